The highest BCUT2D eigenvalue weighted by Gasteiger charge is 2.41. The lowest BCUT2D eigenvalue weighted by molar-refractivity contribution is -0.131. The fourth-order valence-electron chi connectivity index (χ4n) is 2.15. The lowest BCUT2D eigenvalue weighted by Gasteiger charge is -2.36. The van der Waals surface area contributed by atoms with Crippen molar-refractivity contribution in [1.82, 2.24) is 0 Å². The molecule has 0 aromatic heterocycles. The minimum absolute atomic E-state index is 0.120. The predicted molar refractivity (Wildman–Crippen MR) is 84.6 cm³/mol. The van der Waals surface area contributed by atoms with Crippen molar-refractivity contribution in [3.63, 3.8) is 0 Å². The SMILES string of the molecule is C[SiH]1O[SiH](C)O[SiH](C)O[Si](C)(CCC(F)(F)F)O[SiH](C)O1. The van der Waals surface area contributed by atoms with E-state index in [0.717, 1.165) is 0 Å². The summed E-state index contributed by atoms with van der Waals surface area (Å²) in [4.78, 5) is 0. The number of halogens is 3. The van der Waals surface area contributed by atoms with Crippen LogP contribution in [0.1, 0.15) is 6.42 Å². The van der Waals surface area contributed by atoms with Gasteiger partial charge in [-0.2, -0.15) is 13.2 Å². The van der Waals surface area contributed by atoms with Crippen LogP contribution in [0.3, 0.4) is 0 Å². The van der Waals surface area contributed by atoms with Crippen LogP contribution in [0.4, 0.5) is 13.2 Å². The maximum absolute atomic E-state index is 12.5. The molecule has 0 bridgehead atoms. The molecule has 4 unspecified atom stereocenters. The topological polar surface area (TPSA) is 46.2 Å². The highest BCUT2D eigenvalue weighted by atomic mass is 28.5. The van der Waals surface area contributed by atoms with Crippen LogP contribution in [0, 0.1) is 0 Å². The number of alkyl halides is 3. The summed E-state index contributed by atoms with van der Waals surface area (Å²) in [7, 11) is -10.7. The van der Waals surface area contributed by atoms with Crippen LogP contribution in [-0.2, 0) is 20.6 Å². The second kappa shape index (κ2) is 7.98. The fourth-order valence-corrected chi connectivity index (χ4v) is 19.8. The molecule has 1 aliphatic rings. The Hall–Kier alpha value is 0.674. The third-order valence-corrected chi connectivity index (χ3v) is 19.8. The molecule has 0 radical (unpaired) electrons. The molecule has 1 fully saturated rings. The van der Waals surface area contributed by atoms with Gasteiger partial charge in [0, 0.05) is 6.42 Å². The Labute approximate surface area is 131 Å². The molecule has 0 aromatic rings. The molecule has 126 valence electrons. The summed E-state index contributed by atoms with van der Waals surface area (Å²) in [5, 5.41) is 0. The van der Waals surface area contributed by atoms with Gasteiger partial charge in [-0.15, -0.1) is 0 Å². The van der Waals surface area contributed by atoms with Crippen molar-refractivity contribution in [2.75, 3.05) is 0 Å². The van der Waals surface area contributed by atoms with E-state index >= 15 is 0 Å². The van der Waals surface area contributed by atoms with Crippen LogP contribution in [0.15, 0.2) is 0 Å². The molecular formula is C8H23F3O5Si5. The second-order valence-electron chi connectivity index (χ2n) is 5.16. The number of rotatable bonds is 2. The fraction of sp³-hybridized carbons (Fsp3) is 1.00. The number of hydrogen-bond donors (Lipinski definition) is 0. The molecule has 0 amide bonds. The Bertz CT molecular complexity index is 318. The van der Waals surface area contributed by atoms with Crippen molar-refractivity contribution in [2.24, 2.45) is 0 Å². The summed E-state index contributed by atoms with van der Waals surface area (Å²) in [5.74, 6) is 0. The van der Waals surface area contributed by atoms with Gasteiger partial charge in [0.05, 0.1) is 0 Å². The molecule has 5 nitrogen and oxygen atoms in total. The van der Waals surface area contributed by atoms with Crippen LogP contribution in [0.25, 0.3) is 0 Å². The van der Waals surface area contributed by atoms with Crippen LogP contribution in [0.2, 0.25) is 38.8 Å². The van der Waals surface area contributed by atoms with Gasteiger partial charge in [0.25, 0.3) is 37.1 Å². The van der Waals surface area contributed by atoms with Gasteiger partial charge in [0.15, 0.2) is 0 Å². The van der Waals surface area contributed by atoms with E-state index in [1.165, 1.54) is 0 Å². The average molecular weight is 397 g/mol. The zero-order chi connectivity index (χ0) is 16.3. The number of hydrogen-bond acceptors (Lipinski definition) is 5. The van der Waals surface area contributed by atoms with Crippen molar-refractivity contribution < 1.29 is 33.7 Å². The van der Waals surface area contributed by atoms with Crippen molar-refractivity contribution >= 4 is 45.7 Å². The molecule has 13 heteroatoms. The summed E-state index contributed by atoms with van der Waals surface area (Å²) in [5.41, 5.74) is 0. The van der Waals surface area contributed by atoms with Gasteiger partial charge >= 0.3 is 14.7 Å². The van der Waals surface area contributed by atoms with E-state index in [9.17, 15) is 13.2 Å². The molecule has 0 spiro atoms. The van der Waals surface area contributed by atoms with Gasteiger partial charge < -0.3 is 20.6 Å². The highest BCUT2D eigenvalue weighted by molar-refractivity contribution is 6.80. The van der Waals surface area contributed by atoms with Gasteiger partial charge in [0.2, 0.25) is 0 Å². The van der Waals surface area contributed by atoms with E-state index in [0.29, 0.717) is 0 Å². The van der Waals surface area contributed by atoms with Crippen molar-refractivity contribution in [3.8, 4) is 0 Å². The average Bonchev–Trinajstić information content (AvgIpc) is 2.22. The molecule has 0 aromatic carbocycles. The Morgan fingerprint density at radius 1 is 0.810 bits per heavy atom. The third-order valence-electron chi connectivity index (χ3n) is 2.84. The van der Waals surface area contributed by atoms with Gasteiger partial charge in [-0.3, -0.25) is 0 Å². The minimum atomic E-state index is -4.21. The molecule has 1 saturated heterocycles. The highest BCUT2D eigenvalue weighted by Crippen LogP contribution is 2.28. The Morgan fingerprint density at radius 2 is 1.19 bits per heavy atom. The van der Waals surface area contributed by atoms with Crippen LogP contribution >= 0.6 is 0 Å². The quantitative estimate of drug-likeness (QED) is 0.662. The molecule has 21 heavy (non-hydrogen) atoms. The van der Waals surface area contributed by atoms with E-state index < -0.39 is 58.3 Å². The Balaban J connectivity index is 2.78. The minimum Gasteiger partial charge on any atom is -0.420 e. The van der Waals surface area contributed by atoms with E-state index in [2.05, 4.69) is 0 Å². The summed E-state index contributed by atoms with van der Waals surface area (Å²) in [6.07, 6.45) is -5.10. The molecule has 0 aliphatic carbocycles. The van der Waals surface area contributed by atoms with Gasteiger partial charge in [-0.1, -0.05) is 0 Å². The van der Waals surface area contributed by atoms with E-state index in [1.54, 1.807) is 6.55 Å². The zero-order valence-electron chi connectivity index (χ0n) is 12.9. The lowest BCUT2D eigenvalue weighted by Crippen LogP contribution is -2.52. The van der Waals surface area contributed by atoms with Gasteiger partial charge in [0.1, 0.15) is 0 Å². The van der Waals surface area contributed by atoms with E-state index in [1.807, 2.05) is 26.2 Å². The molecule has 4 atom stereocenters. The molecule has 0 saturated carbocycles. The largest absolute Gasteiger partial charge is 0.420 e. The summed E-state index contributed by atoms with van der Waals surface area (Å²) < 4.78 is 66.4. The molecule has 1 heterocycles. The van der Waals surface area contributed by atoms with E-state index in [4.69, 9.17) is 20.6 Å². The van der Waals surface area contributed by atoms with Crippen LogP contribution in [-0.4, -0.2) is 51.9 Å². The van der Waals surface area contributed by atoms with Crippen molar-refractivity contribution in [2.45, 2.75) is 51.4 Å². The lowest BCUT2D eigenvalue weighted by atomic mass is 10.5. The Kier molecular flexibility index (Phi) is 7.49. The molecule has 1 aliphatic heterocycles. The summed E-state index contributed by atoms with van der Waals surface area (Å²) >= 11 is 0. The first-order chi connectivity index (χ1) is 9.49. The maximum atomic E-state index is 12.5. The monoisotopic (exact) mass is 396 g/mol. The Morgan fingerprint density at radius 3 is 1.57 bits per heavy atom. The van der Waals surface area contributed by atoms with Crippen molar-refractivity contribution in [1.29, 1.82) is 0 Å². The first kappa shape index (κ1) is 19.7. The van der Waals surface area contributed by atoms with Crippen molar-refractivity contribution in [3.05, 3.63) is 0 Å². The standard InChI is InChI=1S/C8H23F3O5Si5/c1-17-12-18(2)14-20(4)16-21(5,15-19(3)13-17)7-6-8(9,10)11/h17-20H,6-7H2,1-5H3. The first-order valence-electron chi connectivity index (χ1n) is 6.88. The molecule has 0 N–H and O–H groups in total. The third kappa shape index (κ3) is 8.19. The summed E-state index contributed by atoms with van der Waals surface area (Å²) in [6.45, 7) is 9.09. The smallest absolute Gasteiger partial charge is 0.389 e. The molecular weight excluding hydrogens is 374 g/mol. The summed E-state index contributed by atoms with van der Waals surface area (Å²) in [6, 6.07) is -0.120. The second-order valence-corrected chi connectivity index (χ2v) is 17.6. The molecule has 1 rings (SSSR count). The predicted octanol–water partition coefficient (Wildman–Crippen LogP) is 1.51. The van der Waals surface area contributed by atoms with Crippen LogP contribution < -0.4 is 0 Å². The first-order valence-corrected chi connectivity index (χ1v) is 17.8. The van der Waals surface area contributed by atoms with Crippen LogP contribution in [0.5, 0.6) is 0 Å². The van der Waals surface area contributed by atoms with Gasteiger partial charge in [-0.05, 0) is 38.8 Å². The van der Waals surface area contributed by atoms with E-state index in [-0.39, 0.29) is 6.04 Å². The van der Waals surface area contributed by atoms with Gasteiger partial charge in [-0.25, -0.2) is 0 Å². The zero-order valence-corrected chi connectivity index (χ0v) is 18.5. The maximum Gasteiger partial charge on any atom is 0.389 e. The normalized spacial score (nSPS) is 40.0.